The third-order valence-corrected chi connectivity index (χ3v) is 4.06. The Labute approximate surface area is 134 Å². The van der Waals surface area contributed by atoms with Crippen LogP contribution in [0.5, 0.6) is 0 Å². The maximum absolute atomic E-state index is 3.23. The fourth-order valence-corrected chi connectivity index (χ4v) is 2.83. The Bertz CT molecular complexity index is 633. The Hall–Kier alpha value is -1.22. The zero-order valence-corrected chi connectivity index (χ0v) is 12.8. The molecule has 20 heavy (non-hydrogen) atoms. The molecule has 1 heteroatoms. The van der Waals surface area contributed by atoms with Crippen LogP contribution in [0.4, 0.5) is 0 Å². The van der Waals surface area contributed by atoms with E-state index in [-0.39, 0.29) is 24.3 Å². The molecule has 96 valence electrons. The van der Waals surface area contributed by atoms with E-state index in [0.29, 0.717) is 0 Å². The molecular weight excluding hydrogens is 235 g/mol. The van der Waals surface area contributed by atoms with Crippen molar-refractivity contribution in [1.29, 1.82) is 0 Å². The Morgan fingerprint density at radius 1 is 1.05 bits per heavy atom. The molecule has 0 fully saturated rings. The maximum atomic E-state index is 3.23. The fraction of sp³-hybridized carbons (Fsp3) is 0.263. The molecule has 0 aromatic heterocycles. The van der Waals surface area contributed by atoms with E-state index in [9.17, 15) is 0 Å². The van der Waals surface area contributed by atoms with Crippen LogP contribution in [0.25, 0.3) is 5.57 Å². The molecule has 0 atom stereocenters. The Morgan fingerprint density at radius 2 is 1.75 bits per heavy atom. The Balaban J connectivity index is 0.00000147. The molecule has 0 heterocycles. The van der Waals surface area contributed by atoms with Crippen molar-refractivity contribution in [3.63, 3.8) is 0 Å². The summed E-state index contributed by atoms with van der Waals surface area (Å²) in [4.78, 5) is 0. The van der Waals surface area contributed by atoms with Gasteiger partial charge in [0.1, 0.15) is 0 Å². The monoisotopic (exact) mass is 254 g/mol. The molecule has 0 aliphatic heterocycles. The van der Waals surface area contributed by atoms with E-state index < -0.39 is 0 Å². The van der Waals surface area contributed by atoms with Crippen LogP contribution >= 0.6 is 0 Å². The van der Waals surface area contributed by atoms with Gasteiger partial charge in [0.2, 0.25) is 0 Å². The summed E-state index contributed by atoms with van der Waals surface area (Å²) in [6.45, 7) is 6.76. The summed E-state index contributed by atoms with van der Waals surface area (Å²) in [5, 5.41) is 0. The minimum Gasteiger partial charge on any atom is -0.183 e. The summed E-state index contributed by atoms with van der Waals surface area (Å²) in [7, 11) is 0. The normalized spacial score (nSPS) is 15.8. The molecule has 0 saturated heterocycles. The van der Waals surface area contributed by atoms with Gasteiger partial charge < -0.3 is 0 Å². The standard InChI is InChI=1S/C19H19.Li/c1-14-8-10-15(11-9-14)16-12-13-19(2,3)18-7-5-4-6-17(16)18;/h5-12H,13H2,1-3H3;/q-1;+1. The quantitative estimate of drug-likeness (QED) is 0.539. The summed E-state index contributed by atoms with van der Waals surface area (Å²) in [6, 6.07) is 18.4. The Kier molecular flexibility index (Phi) is 4.28. The average molecular weight is 254 g/mol. The number of aryl methyl sites for hydroxylation is 1. The first-order valence-electron chi connectivity index (χ1n) is 6.86. The van der Waals surface area contributed by atoms with Crippen LogP contribution in [0.2, 0.25) is 0 Å². The molecule has 0 saturated carbocycles. The van der Waals surface area contributed by atoms with Gasteiger partial charge in [0.25, 0.3) is 0 Å². The zero-order chi connectivity index (χ0) is 13.5. The molecule has 0 nitrogen and oxygen atoms in total. The molecule has 2 aromatic rings. The first-order chi connectivity index (χ1) is 9.08. The van der Waals surface area contributed by atoms with E-state index in [2.05, 4.69) is 69.3 Å². The van der Waals surface area contributed by atoms with Crippen molar-refractivity contribution in [3.8, 4) is 0 Å². The van der Waals surface area contributed by atoms with Crippen molar-refractivity contribution in [2.45, 2.75) is 32.6 Å². The van der Waals surface area contributed by atoms with Crippen molar-refractivity contribution < 1.29 is 18.9 Å². The van der Waals surface area contributed by atoms with Gasteiger partial charge in [0.15, 0.2) is 0 Å². The summed E-state index contributed by atoms with van der Waals surface area (Å²) in [6.07, 6.45) is 3.47. The predicted molar refractivity (Wildman–Crippen MR) is 81.2 cm³/mol. The fourth-order valence-electron chi connectivity index (χ4n) is 2.83. The second kappa shape index (κ2) is 5.64. The van der Waals surface area contributed by atoms with Gasteiger partial charge in [-0.3, -0.25) is 0 Å². The summed E-state index contributed by atoms with van der Waals surface area (Å²) in [5.74, 6) is 0. The van der Waals surface area contributed by atoms with Gasteiger partial charge in [-0.05, 0) is 24.3 Å². The van der Waals surface area contributed by atoms with Gasteiger partial charge in [-0.1, -0.05) is 55.3 Å². The van der Waals surface area contributed by atoms with Gasteiger partial charge in [-0.2, -0.15) is 24.3 Å². The van der Waals surface area contributed by atoms with Crippen molar-refractivity contribution in [2.24, 2.45) is 0 Å². The average Bonchev–Trinajstić information content (AvgIpc) is 2.41. The Morgan fingerprint density at radius 3 is 2.45 bits per heavy atom. The van der Waals surface area contributed by atoms with E-state index in [1.165, 1.54) is 27.8 Å². The van der Waals surface area contributed by atoms with Crippen LogP contribution in [0, 0.1) is 13.0 Å². The van der Waals surface area contributed by atoms with Gasteiger partial charge in [-0.25, -0.2) is 0 Å². The smallest absolute Gasteiger partial charge is 0.183 e. The van der Waals surface area contributed by atoms with Gasteiger partial charge in [-0.15, -0.1) is 11.1 Å². The van der Waals surface area contributed by atoms with Crippen molar-refractivity contribution in [2.75, 3.05) is 0 Å². The van der Waals surface area contributed by atoms with Crippen LogP contribution in [-0.2, 0) is 5.41 Å². The maximum Gasteiger partial charge on any atom is 1.00 e. The molecule has 0 spiro atoms. The van der Waals surface area contributed by atoms with Gasteiger partial charge in [0.05, 0.1) is 0 Å². The van der Waals surface area contributed by atoms with Gasteiger partial charge >= 0.3 is 18.9 Å². The van der Waals surface area contributed by atoms with E-state index in [0.717, 1.165) is 6.42 Å². The minimum atomic E-state index is 0. The van der Waals surface area contributed by atoms with Crippen LogP contribution < -0.4 is 18.9 Å². The molecule has 1 aliphatic carbocycles. The number of fused-ring (bicyclic) bond motifs is 1. The predicted octanol–water partition coefficient (Wildman–Crippen LogP) is 1.91. The SMILES string of the molecule is Cc1ccc(C2=CCC(C)(C)c3cc[c-]cc32)cc1.[Li+]. The van der Waals surface area contributed by atoms with Crippen molar-refractivity contribution in [1.82, 2.24) is 0 Å². The van der Waals surface area contributed by atoms with Crippen LogP contribution in [0.1, 0.15) is 42.5 Å². The first-order valence-corrected chi connectivity index (χ1v) is 6.86. The molecule has 0 unspecified atom stereocenters. The number of benzene rings is 2. The second-order valence-electron chi connectivity index (χ2n) is 6.04. The van der Waals surface area contributed by atoms with E-state index in [1.54, 1.807) is 0 Å². The largest absolute Gasteiger partial charge is 1.00 e. The number of hydrogen-bond acceptors (Lipinski definition) is 0. The zero-order valence-electron chi connectivity index (χ0n) is 12.8. The van der Waals surface area contributed by atoms with E-state index in [1.807, 2.05) is 6.07 Å². The van der Waals surface area contributed by atoms with Crippen LogP contribution in [0.15, 0.2) is 48.5 Å². The van der Waals surface area contributed by atoms with E-state index in [4.69, 9.17) is 0 Å². The number of hydrogen-bond donors (Lipinski definition) is 0. The molecule has 0 amide bonds. The summed E-state index contributed by atoms with van der Waals surface area (Å²) >= 11 is 0. The second-order valence-corrected chi connectivity index (χ2v) is 6.04. The number of rotatable bonds is 1. The third kappa shape index (κ3) is 2.64. The molecule has 1 aliphatic rings. The summed E-state index contributed by atoms with van der Waals surface area (Å²) < 4.78 is 0. The van der Waals surface area contributed by atoms with Gasteiger partial charge in [0, 0.05) is 0 Å². The molecular formula is C19H19Li. The third-order valence-electron chi connectivity index (χ3n) is 4.06. The van der Waals surface area contributed by atoms with Crippen molar-refractivity contribution in [3.05, 3.63) is 76.9 Å². The molecule has 0 radical (unpaired) electrons. The topological polar surface area (TPSA) is 0 Å². The molecule has 2 aromatic carbocycles. The van der Waals surface area contributed by atoms with Crippen LogP contribution in [0.3, 0.4) is 0 Å². The summed E-state index contributed by atoms with van der Waals surface area (Å²) in [5.41, 5.74) is 6.96. The minimum absolute atomic E-state index is 0. The first kappa shape index (κ1) is 15.2. The molecule has 3 rings (SSSR count). The van der Waals surface area contributed by atoms with E-state index >= 15 is 0 Å². The molecule has 0 bridgehead atoms. The van der Waals surface area contributed by atoms with Crippen molar-refractivity contribution >= 4 is 5.57 Å². The van der Waals surface area contributed by atoms with Crippen LogP contribution in [-0.4, -0.2) is 0 Å². The molecule has 0 N–H and O–H groups in total. The number of allylic oxidation sites excluding steroid dienone is 1.